The first-order chi connectivity index (χ1) is 29.1. The number of hydrogen-bond acceptors (Lipinski definition) is 12. The summed E-state index contributed by atoms with van der Waals surface area (Å²) in [5.74, 6) is -7.97. The van der Waals surface area contributed by atoms with E-state index in [1.54, 1.807) is 0 Å². The molecule has 0 aliphatic carbocycles. The average Bonchev–Trinajstić information content (AvgIpc) is 3.22. The summed E-state index contributed by atoms with van der Waals surface area (Å²) in [5.41, 5.74) is 0. The molecule has 0 saturated carbocycles. The second-order valence-electron chi connectivity index (χ2n) is 15.7. The van der Waals surface area contributed by atoms with Gasteiger partial charge in [0.2, 0.25) is 34.5 Å². The van der Waals surface area contributed by atoms with Crippen molar-refractivity contribution in [2.75, 3.05) is 0 Å². The number of unbranched alkanes of at least 4 members (excludes halogenated alkanes) is 18. The molecule has 0 bridgehead atoms. The minimum atomic E-state index is -0.749. The molecule has 1 aromatic carbocycles. The van der Waals surface area contributed by atoms with Gasteiger partial charge in [0, 0.05) is 38.5 Å². The van der Waals surface area contributed by atoms with E-state index in [4.69, 9.17) is 28.4 Å². The minimum absolute atomic E-state index is 0.0393. The second-order valence-corrected chi connectivity index (χ2v) is 15.7. The minimum Gasteiger partial charge on any atom is -0.418 e. The largest absolute Gasteiger partial charge is 0.418 e. The highest BCUT2D eigenvalue weighted by Crippen LogP contribution is 2.59. The van der Waals surface area contributed by atoms with Crippen LogP contribution in [-0.4, -0.2) is 35.8 Å². The highest BCUT2D eigenvalue weighted by Gasteiger charge is 2.38. The number of carbonyl (C=O) groups is 6. The van der Waals surface area contributed by atoms with Crippen molar-refractivity contribution in [3.8, 4) is 34.5 Å². The van der Waals surface area contributed by atoms with Crippen LogP contribution in [0.5, 0.6) is 34.5 Å². The van der Waals surface area contributed by atoms with Gasteiger partial charge in [-0.15, -0.1) is 0 Å². The van der Waals surface area contributed by atoms with Crippen LogP contribution in [0.15, 0.2) is 0 Å². The Morgan fingerprint density at radius 1 is 0.233 bits per heavy atom. The van der Waals surface area contributed by atoms with E-state index in [1.807, 2.05) is 41.5 Å². The molecule has 0 aliphatic heterocycles. The topological polar surface area (TPSA) is 158 Å². The summed E-state index contributed by atoms with van der Waals surface area (Å²) in [6, 6.07) is 0. The summed E-state index contributed by atoms with van der Waals surface area (Å²) >= 11 is 0. The first-order valence-electron chi connectivity index (χ1n) is 23.5. The smallest absolute Gasteiger partial charge is 0.311 e. The van der Waals surface area contributed by atoms with Crippen LogP contribution in [0.1, 0.15) is 234 Å². The lowest BCUT2D eigenvalue weighted by molar-refractivity contribution is -0.140. The maximum absolute atomic E-state index is 13.6. The first-order valence-corrected chi connectivity index (χ1v) is 23.5. The molecule has 0 unspecified atom stereocenters. The lowest BCUT2D eigenvalue weighted by Crippen LogP contribution is -2.20. The van der Waals surface area contributed by atoms with Crippen molar-refractivity contribution < 1.29 is 57.2 Å². The maximum Gasteiger partial charge on any atom is 0.311 e. The van der Waals surface area contributed by atoms with Gasteiger partial charge in [0.1, 0.15) is 0 Å². The van der Waals surface area contributed by atoms with Gasteiger partial charge < -0.3 is 28.4 Å². The molecule has 60 heavy (non-hydrogen) atoms. The van der Waals surface area contributed by atoms with Crippen LogP contribution >= 0.6 is 0 Å². The van der Waals surface area contributed by atoms with Crippen LogP contribution in [0.2, 0.25) is 0 Å². The van der Waals surface area contributed by atoms with Gasteiger partial charge in [0.15, 0.2) is 0 Å². The van der Waals surface area contributed by atoms with Crippen LogP contribution < -0.4 is 28.4 Å². The molecule has 12 nitrogen and oxygen atoms in total. The molecule has 0 radical (unpaired) electrons. The fourth-order valence-corrected chi connectivity index (χ4v) is 6.34. The van der Waals surface area contributed by atoms with Gasteiger partial charge in [-0.1, -0.05) is 157 Å². The Morgan fingerprint density at radius 2 is 0.367 bits per heavy atom. The third-order valence-corrected chi connectivity index (χ3v) is 9.94. The van der Waals surface area contributed by atoms with Crippen molar-refractivity contribution in [3.05, 3.63) is 0 Å². The molecule has 0 N–H and O–H groups in total. The van der Waals surface area contributed by atoms with Crippen molar-refractivity contribution in [2.24, 2.45) is 0 Å². The zero-order valence-electron chi connectivity index (χ0n) is 38.1. The van der Waals surface area contributed by atoms with E-state index < -0.39 is 70.3 Å². The molecule has 1 rings (SSSR count). The van der Waals surface area contributed by atoms with E-state index >= 15 is 0 Å². The number of benzene rings is 1. The van der Waals surface area contributed by atoms with Gasteiger partial charge in [-0.05, 0) is 38.5 Å². The molecule has 0 atom stereocenters. The fourth-order valence-electron chi connectivity index (χ4n) is 6.34. The zero-order valence-corrected chi connectivity index (χ0v) is 38.1. The van der Waals surface area contributed by atoms with Crippen molar-refractivity contribution in [1.82, 2.24) is 0 Å². The number of esters is 6. The van der Waals surface area contributed by atoms with Crippen molar-refractivity contribution in [2.45, 2.75) is 234 Å². The molecule has 1 aromatic rings. The average molecular weight is 847 g/mol. The first kappa shape index (κ1) is 54.1. The van der Waals surface area contributed by atoms with Gasteiger partial charge in [0.05, 0.1) is 0 Å². The lowest BCUT2D eigenvalue weighted by Gasteiger charge is -2.23. The normalized spacial score (nSPS) is 10.9. The Bertz CT molecular complexity index is 1130. The van der Waals surface area contributed by atoms with E-state index in [1.165, 1.54) is 0 Å². The summed E-state index contributed by atoms with van der Waals surface area (Å²) < 4.78 is 35.7. The van der Waals surface area contributed by atoms with E-state index in [0.717, 1.165) is 116 Å². The van der Waals surface area contributed by atoms with Crippen LogP contribution in [0.4, 0.5) is 0 Å². The molecule has 0 aliphatic rings. The Morgan fingerprint density at radius 3 is 0.483 bits per heavy atom. The number of rotatable bonds is 36. The van der Waals surface area contributed by atoms with Crippen LogP contribution in [0, 0.1) is 0 Å². The number of ether oxygens (including phenoxy) is 6. The zero-order chi connectivity index (χ0) is 44.4. The molecule has 0 fully saturated rings. The Balaban J connectivity index is 4.27. The van der Waals surface area contributed by atoms with E-state index in [0.29, 0.717) is 38.5 Å². The van der Waals surface area contributed by atoms with Gasteiger partial charge in [0.25, 0.3) is 0 Å². The molecule has 0 saturated heterocycles. The summed E-state index contributed by atoms with van der Waals surface area (Å²) in [7, 11) is 0. The summed E-state index contributed by atoms with van der Waals surface area (Å²) in [5, 5.41) is 0. The molecular weight excluding hydrogens is 769 g/mol. The van der Waals surface area contributed by atoms with Gasteiger partial charge >= 0.3 is 35.8 Å². The Kier molecular flexibility index (Phi) is 31.3. The molecule has 0 aromatic heterocycles. The Labute approximate surface area is 360 Å². The standard InChI is InChI=1S/C48H78O12/c1-7-13-19-25-31-37(49)55-43-44(56-38(50)32-26-20-14-8-2)46(58-40(52)34-28-22-16-10-4)48(60-42(54)36-30-24-18-12-6)47(59-41(53)35-29-23-17-11-5)45(43)57-39(51)33-27-21-15-9-3/h7-36H2,1-6H3. The second kappa shape index (κ2) is 34.7. The molecule has 0 amide bonds. The molecule has 12 heteroatoms. The lowest BCUT2D eigenvalue weighted by atomic mass is 10.1. The SMILES string of the molecule is CCCCCCC(=O)Oc1c(OC(=O)CCCCCC)c(OC(=O)CCCCCC)c(OC(=O)CCCCCC)c(OC(=O)CCCCCC)c1OC(=O)CCCCCC. The van der Waals surface area contributed by atoms with Gasteiger partial charge in [-0.2, -0.15) is 0 Å². The van der Waals surface area contributed by atoms with E-state index in [2.05, 4.69) is 0 Å². The maximum atomic E-state index is 13.6. The molecular formula is C48H78O12. The Hall–Kier alpha value is -3.96. The molecule has 342 valence electrons. The predicted octanol–water partition coefficient (Wildman–Crippen LogP) is 12.9. The molecule has 0 heterocycles. The van der Waals surface area contributed by atoms with E-state index in [9.17, 15) is 28.8 Å². The van der Waals surface area contributed by atoms with Crippen LogP contribution in [-0.2, 0) is 28.8 Å². The van der Waals surface area contributed by atoms with Crippen LogP contribution in [0.3, 0.4) is 0 Å². The van der Waals surface area contributed by atoms with Gasteiger partial charge in [-0.3, -0.25) is 28.8 Å². The van der Waals surface area contributed by atoms with E-state index in [-0.39, 0.29) is 38.5 Å². The highest BCUT2D eigenvalue weighted by molar-refractivity contribution is 5.90. The summed E-state index contributed by atoms with van der Waals surface area (Å²) in [6.07, 6.45) is 18.1. The summed E-state index contributed by atoms with van der Waals surface area (Å²) in [4.78, 5) is 81.9. The number of hydrogen-bond donors (Lipinski definition) is 0. The number of carbonyl (C=O) groups excluding carboxylic acids is 6. The van der Waals surface area contributed by atoms with Crippen molar-refractivity contribution >= 4 is 35.8 Å². The quantitative estimate of drug-likeness (QED) is 0.0358. The summed E-state index contributed by atoms with van der Waals surface area (Å²) in [6.45, 7) is 12.3. The predicted molar refractivity (Wildman–Crippen MR) is 233 cm³/mol. The monoisotopic (exact) mass is 847 g/mol. The van der Waals surface area contributed by atoms with Crippen LogP contribution in [0.25, 0.3) is 0 Å². The third-order valence-electron chi connectivity index (χ3n) is 9.94. The van der Waals surface area contributed by atoms with Gasteiger partial charge in [-0.25, -0.2) is 0 Å². The van der Waals surface area contributed by atoms with Crippen molar-refractivity contribution in [1.29, 1.82) is 0 Å². The van der Waals surface area contributed by atoms with Crippen molar-refractivity contribution in [3.63, 3.8) is 0 Å². The fraction of sp³-hybridized carbons (Fsp3) is 0.750. The third kappa shape index (κ3) is 23.7. The molecule has 0 spiro atoms. The highest BCUT2D eigenvalue weighted by atomic mass is 16.6.